The number of ether oxygens (including phenoxy) is 1. The predicted octanol–water partition coefficient (Wildman–Crippen LogP) is 4.70. The largest absolute Gasteiger partial charge is 0.489 e. The topological polar surface area (TPSA) is 46.5 Å². The van der Waals surface area contributed by atoms with Crippen molar-refractivity contribution >= 4 is 17.7 Å². The number of benzene rings is 1. The first-order valence-corrected chi connectivity index (χ1v) is 8.62. The molecule has 1 N–H and O–H groups in total. The zero-order chi connectivity index (χ0) is 15.6. The van der Waals surface area contributed by atoms with E-state index >= 15 is 0 Å². The van der Waals surface area contributed by atoms with Crippen molar-refractivity contribution in [1.29, 1.82) is 0 Å². The summed E-state index contributed by atoms with van der Waals surface area (Å²) in [5.41, 5.74) is 0.545. The van der Waals surface area contributed by atoms with Crippen LogP contribution in [0.25, 0.3) is 0 Å². The van der Waals surface area contributed by atoms with Gasteiger partial charge in [0.1, 0.15) is 11.3 Å². The van der Waals surface area contributed by atoms with E-state index in [2.05, 4.69) is 20.8 Å². The Kier molecular flexibility index (Phi) is 4.87. The quantitative estimate of drug-likeness (QED) is 0.819. The summed E-state index contributed by atoms with van der Waals surface area (Å²) >= 11 is 1.44. The molecule has 4 heteroatoms. The molecule has 2 unspecified atom stereocenters. The van der Waals surface area contributed by atoms with Crippen LogP contribution in [-0.2, 0) is 0 Å². The van der Waals surface area contributed by atoms with Gasteiger partial charge in [-0.2, -0.15) is 0 Å². The lowest BCUT2D eigenvalue weighted by Crippen LogP contribution is -2.34. The summed E-state index contributed by atoms with van der Waals surface area (Å²) < 4.78 is 6.10. The fourth-order valence-electron chi connectivity index (χ4n) is 3.52. The van der Waals surface area contributed by atoms with Crippen molar-refractivity contribution < 1.29 is 14.6 Å². The highest BCUT2D eigenvalue weighted by atomic mass is 32.2. The standard InChI is InChI=1S/C17H24O3S/c1-11-8-12(10-17(2,3)9-11)20-13-6-5-7-14(21-4)15(13)16(18)19/h5-7,11-12H,8-10H2,1-4H3,(H,18,19). The molecule has 1 aliphatic carbocycles. The predicted molar refractivity (Wildman–Crippen MR) is 86.4 cm³/mol. The molecule has 0 aliphatic heterocycles. The van der Waals surface area contributed by atoms with Gasteiger partial charge in [-0.05, 0) is 49.0 Å². The lowest BCUT2D eigenvalue weighted by Gasteiger charge is -2.39. The second-order valence-electron chi connectivity index (χ2n) is 6.79. The molecule has 0 saturated heterocycles. The molecule has 116 valence electrons. The summed E-state index contributed by atoms with van der Waals surface area (Å²) in [6.45, 7) is 6.76. The summed E-state index contributed by atoms with van der Waals surface area (Å²) in [5, 5.41) is 9.47. The molecule has 0 heterocycles. The van der Waals surface area contributed by atoms with Gasteiger partial charge in [0.25, 0.3) is 0 Å². The average molecular weight is 308 g/mol. The van der Waals surface area contributed by atoms with Crippen molar-refractivity contribution in [3.8, 4) is 5.75 Å². The highest BCUT2D eigenvalue weighted by molar-refractivity contribution is 7.98. The third-order valence-corrected chi connectivity index (χ3v) is 4.84. The molecule has 2 rings (SSSR count). The van der Waals surface area contributed by atoms with Crippen LogP contribution in [0.5, 0.6) is 5.75 Å². The highest BCUT2D eigenvalue weighted by Gasteiger charge is 2.33. The lowest BCUT2D eigenvalue weighted by molar-refractivity contribution is 0.0529. The highest BCUT2D eigenvalue weighted by Crippen LogP contribution is 2.41. The van der Waals surface area contributed by atoms with Crippen LogP contribution in [0.15, 0.2) is 23.1 Å². The Morgan fingerprint density at radius 3 is 2.67 bits per heavy atom. The maximum Gasteiger partial charge on any atom is 0.340 e. The van der Waals surface area contributed by atoms with Gasteiger partial charge in [0, 0.05) is 4.90 Å². The van der Waals surface area contributed by atoms with Gasteiger partial charge < -0.3 is 9.84 Å². The molecule has 3 nitrogen and oxygen atoms in total. The van der Waals surface area contributed by atoms with E-state index in [1.165, 1.54) is 18.2 Å². The maximum absolute atomic E-state index is 11.5. The summed E-state index contributed by atoms with van der Waals surface area (Å²) in [6, 6.07) is 5.47. The molecule has 1 saturated carbocycles. The van der Waals surface area contributed by atoms with E-state index in [1.807, 2.05) is 18.4 Å². The van der Waals surface area contributed by atoms with Gasteiger partial charge in [-0.15, -0.1) is 11.8 Å². The van der Waals surface area contributed by atoms with Gasteiger partial charge in [-0.25, -0.2) is 4.79 Å². The number of carboxylic acid groups (broad SMARTS) is 1. The molecule has 0 amide bonds. The minimum atomic E-state index is -0.918. The number of carbonyl (C=O) groups is 1. The van der Waals surface area contributed by atoms with Crippen LogP contribution >= 0.6 is 11.8 Å². The Labute approximate surface area is 131 Å². The van der Waals surface area contributed by atoms with Crippen LogP contribution in [0.3, 0.4) is 0 Å². The van der Waals surface area contributed by atoms with Gasteiger partial charge in [0.05, 0.1) is 6.10 Å². The number of thioether (sulfide) groups is 1. The van der Waals surface area contributed by atoms with Crippen LogP contribution in [0.4, 0.5) is 0 Å². The van der Waals surface area contributed by atoms with Crippen molar-refractivity contribution in [3.05, 3.63) is 23.8 Å². The van der Waals surface area contributed by atoms with Crippen LogP contribution < -0.4 is 4.74 Å². The second-order valence-corrected chi connectivity index (χ2v) is 7.64. The van der Waals surface area contributed by atoms with E-state index in [4.69, 9.17) is 4.74 Å². The molecule has 1 aromatic carbocycles. The summed E-state index contributed by atoms with van der Waals surface area (Å²) in [5.74, 6) is 0.193. The molecule has 0 spiro atoms. The van der Waals surface area contributed by atoms with E-state index in [-0.39, 0.29) is 11.5 Å². The van der Waals surface area contributed by atoms with Crippen molar-refractivity contribution in [2.45, 2.75) is 51.0 Å². The van der Waals surface area contributed by atoms with Crippen LogP contribution in [0.1, 0.15) is 50.4 Å². The molecular weight excluding hydrogens is 284 g/mol. The Balaban J connectivity index is 2.25. The SMILES string of the molecule is CSc1cccc(OC2CC(C)CC(C)(C)C2)c1C(=O)O. The van der Waals surface area contributed by atoms with Gasteiger partial charge in [-0.1, -0.05) is 26.8 Å². The molecule has 1 fully saturated rings. The summed E-state index contributed by atoms with van der Waals surface area (Å²) in [6.07, 6.45) is 5.14. The molecule has 0 bridgehead atoms. The Morgan fingerprint density at radius 2 is 2.10 bits per heavy atom. The fourth-order valence-corrected chi connectivity index (χ4v) is 4.12. The van der Waals surface area contributed by atoms with E-state index < -0.39 is 5.97 Å². The van der Waals surface area contributed by atoms with Gasteiger partial charge in [0.15, 0.2) is 0 Å². The van der Waals surface area contributed by atoms with E-state index in [0.717, 1.165) is 17.7 Å². The van der Waals surface area contributed by atoms with E-state index in [9.17, 15) is 9.90 Å². The van der Waals surface area contributed by atoms with Crippen molar-refractivity contribution in [3.63, 3.8) is 0 Å². The van der Waals surface area contributed by atoms with Gasteiger partial charge in [-0.3, -0.25) is 0 Å². The Hall–Kier alpha value is -1.16. The molecule has 1 aromatic rings. The first-order valence-electron chi connectivity index (χ1n) is 7.39. The molecular formula is C17H24O3S. The molecule has 2 atom stereocenters. The molecule has 0 aromatic heterocycles. The van der Waals surface area contributed by atoms with Crippen molar-refractivity contribution in [1.82, 2.24) is 0 Å². The smallest absolute Gasteiger partial charge is 0.340 e. The Bertz CT molecular complexity index is 525. The minimum Gasteiger partial charge on any atom is -0.489 e. The zero-order valence-electron chi connectivity index (χ0n) is 13.2. The normalized spacial score (nSPS) is 24.6. The van der Waals surface area contributed by atoms with Crippen LogP contribution in [0.2, 0.25) is 0 Å². The monoisotopic (exact) mass is 308 g/mol. The van der Waals surface area contributed by atoms with Crippen LogP contribution in [-0.4, -0.2) is 23.4 Å². The maximum atomic E-state index is 11.5. The van der Waals surface area contributed by atoms with Crippen molar-refractivity contribution in [2.24, 2.45) is 11.3 Å². The van der Waals surface area contributed by atoms with Gasteiger partial charge in [0.2, 0.25) is 0 Å². The third-order valence-electron chi connectivity index (χ3n) is 4.06. The Morgan fingerprint density at radius 1 is 1.38 bits per heavy atom. The summed E-state index contributed by atoms with van der Waals surface area (Å²) in [7, 11) is 0. The number of hydrogen-bond donors (Lipinski definition) is 1. The van der Waals surface area contributed by atoms with Crippen molar-refractivity contribution in [2.75, 3.05) is 6.26 Å². The third kappa shape index (κ3) is 3.94. The minimum absolute atomic E-state index is 0.0963. The number of aromatic carboxylic acids is 1. The van der Waals surface area contributed by atoms with Crippen LogP contribution in [0, 0.1) is 11.3 Å². The molecule has 0 radical (unpaired) electrons. The molecule has 21 heavy (non-hydrogen) atoms. The molecule has 1 aliphatic rings. The zero-order valence-corrected chi connectivity index (χ0v) is 14.0. The second kappa shape index (κ2) is 6.30. The summed E-state index contributed by atoms with van der Waals surface area (Å²) in [4.78, 5) is 12.3. The number of rotatable bonds is 4. The first kappa shape index (κ1) is 16.2. The van der Waals surface area contributed by atoms with E-state index in [0.29, 0.717) is 17.2 Å². The van der Waals surface area contributed by atoms with E-state index in [1.54, 1.807) is 6.07 Å². The number of hydrogen-bond acceptors (Lipinski definition) is 3. The average Bonchev–Trinajstić information content (AvgIpc) is 2.35. The number of carboxylic acids is 1. The van der Waals surface area contributed by atoms with Gasteiger partial charge >= 0.3 is 5.97 Å². The fraction of sp³-hybridized carbons (Fsp3) is 0.588. The lowest BCUT2D eigenvalue weighted by atomic mass is 9.71. The first-order chi connectivity index (χ1) is 9.82.